The number of anilines is 1. The second kappa shape index (κ2) is 2.57. The Morgan fingerprint density at radius 2 is 2.17 bits per heavy atom. The molecule has 12 heavy (non-hydrogen) atoms. The van der Waals surface area contributed by atoms with Gasteiger partial charge in [-0.15, -0.1) is 0 Å². The summed E-state index contributed by atoms with van der Waals surface area (Å²) >= 11 is 5.58. The van der Waals surface area contributed by atoms with Crippen molar-refractivity contribution in [1.29, 1.82) is 0 Å². The first-order chi connectivity index (χ1) is 5.77. The lowest BCUT2D eigenvalue weighted by atomic mass is 10.3. The summed E-state index contributed by atoms with van der Waals surface area (Å²) < 4.78 is 0. The first-order valence-corrected chi connectivity index (χ1v) is 3.69. The van der Waals surface area contributed by atoms with Crippen molar-refractivity contribution in [3.63, 3.8) is 0 Å². The SMILES string of the molecule is Nc1nc(Cl)nc2ncccc12. The van der Waals surface area contributed by atoms with Crippen molar-refractivity contribution < 1.29 is 0 Å². The Morgan fingerprint density at radius 1 is 1.33 bits per heavy atom. The van der Waals surface area contributed by atoms with Crippen LogP contribution in [0.3, 0.4) is 0 Å². The summed E-state index contributed by atoms with van der Waals surface area (Å²) in [5, 5.41) is 0.848. The molecule has 2 heterocycles. The fourth-order valence-electron chi connectivity index (χ4n) is 0.958. The van der Waals surface area contributed by atoms with E-state index in [2.05, 4.69) is 15.0 Å². The minimum atomic E-state index is 0.124. The van der Waals surface area contributed by atoms with Crippen molar-refractivity contribution in [1.82, 2.24) is 15.0 Å². The maximum atomic E-state index is 5.58. The smallest absolute Gasteiger partial charge is 0.226 e. The van der Waals surface area contributed by atoms with E-state index in [0.29, 0.717) is 11.5 Å². The number of aromatic nitrogens is 3. The number of halogens is 1. The van der Waals surface area contributed by atoms with Gasteiger partial charge < -0.3 is 5.73 Å². The normalized spacial score (nSPS) is 10.4. The minimum Gasteiger partial charge on any atom is -0.383 e. The standard InChI is InChI=1S/C7H5ClN4/c8-7-11-5(9)4-2-1-3-10-6(4)12-7/h1-3H,(H2,9,10,11,12). The summed E-state index contributed by atoms with van der Waals surface area (Å²) in [4.78, 5) is 11.7. The van der Waals surface area contributed by atoms with Crippen molar-refractivity contribution in [2.75, 3.05) is 5.73 Å². The van der Waals surface area contributed by atoms with Gasteiger partial charge in [-0.2, -0.15) is 4.98 Å². The average molecular weight is 181 g/mol. The third kappa shape index (κ3) is 1.06. The van der Waals surface area contributed by atoms with Gasteiger partial charge in [0.15, 0.2) is 5.65 Å². The number of rotatable bonds is 0. The van der Waals surface area contributed by atoms with Crippen LogP contribution in [0.1, 0.15) is 0 Å². The van der Waals surface area contributed by atoms with Crippen molar-refractivity contribution in [2.45, 2.75) is 0 Å². The molecule has 2 N–H and O–H groups in total. The minimum absolute atomic E-state index is 0.124. The van der Waals surface area contributed by atoms with E-state index < -0.39 is 0 Å². The van der Waals surface area contributed by atoms with Crippen LogP contribution in [-0.2, 0) is 0 Å². The monoisotopic (exact) mass is 180 g/mol. The molecule has 60 valence electrons. The van der Waals surface area contributed by atoms with Crippen LogP contribution in [0, 0.1) is 0 Å². The first-order valence-electron chi connectivity index (χ1n) is 3.31. The van der Waals surface area contributed by atoms with E-state index in [1.54, 1.807) is 18.3 Å². The van der Waals surface area contributed by atoms with Crippen LogP contribution in [0.2, 0.25) is 5.28 Å². The predicted molar refractivity (Wildman–Crippen MR) is 46.8 cm³/mol. The molecule has 0 aliphatic rings. The van der Waals surface area contributed by atoms with Crippen molar-refractivity contribution in [2.24, 2.45) is 0 Å². The van der Waals surface area contributed by atoms with E-state index in [9.17, 15) is 0 Å². The molecular weight excluding hydrogens is 176 g/mol. The summed E-state index contributed by atoms with van der Waals surface area (Å²) in [5.74, 6) is 0.359. The van der Waals surface area contributed by atoms with Gasteiger partial charge in [0.25, 0.3) is 0 Å². The van der Waals surface area contributed by atoms with E-state index in [1.807, 2.05) is 0 Å². The van der Waals surface area contributed by atoms with Crippen LogP contribution in [0.25, 0.3) is 11.0 Å². The Labute approximate surface area is 73.4 Å². The summed E-state index contributed by atoms with van der Waals surface area (Å²) in [6, 6.07) is 3.57. The molecule has 0 fully saturated rings. The maximum absolute atomic E-state index is 5.58. The molecule has 0 unspecified atom stereocenters. The number of nitrogens with two attached hydrogens (primary N) is 1. The molecule has 0 aliphatic heterocycles. The van der Waals surface area contributed by atoms with Crippen LogP contribution >= 0.6 is 11.6 Å². The largest absolute Gasteiger partial charge is 0.383 e. The van der Waals surface area contributed by atoms with Gasteiger partial charge in [-0.1, -0.05) is 0 Å². The highest BCUT2D eigenvalue weighted by molar-refractivity contribution is 6.28. The molecule has 0 saturated heterocycles. The van der Waals surface area contributed by atoms with Crippen LogP contribution < -0.4 is 5.73 Å². The van der Waals surface area contributed by atoms with E-state index >= 15 is 0 Å². The Bertz CT molecular complexity index is 429. The van der Waals surface area contributed by atoms with E-state index in [-0.39, 0.29) is 5.28 Å². The van der Waals surface area contributed by atoms with Gasteiger partial charge in [0.2, 0.25) is 5.28 Å². The fourth-order valence-corrected chi connectivity index (χ4v) is 1.13. The highest BCUT2D eigenvalue weighted by Crippen LogP contribution is 2.16. The Balaban J connectivity index is 2.89. The number of fused-ring (bicyclic) bond motifs is 1. The van der Waals surface area contributed by atoms with Gasteiger partial charge in [-0.05, 0) is 23.7 Å². The molecule has 5 heteroatoms. The molecule has 0 spiro atoms. The molecule has 0 radical (unpaired) electrons. The third-order valence-corrected chi connectivity index (χ3v) is 1.64. The molecule has 0 bridgehead atoms. The van der Waals surface area contributed by atoms with E-state index in [4.69, 9.17) is 17.3 Å². The van der Waals surface area contributed by atoms with E-state index in [1.165, 1.54) is 0 Å². The zero-order valence-electron chi connectivity index (χ0n) is 6.03. The molecule has 0 aromatic carbocycles. The lowest BCUT2D eigenvalue weighted by Crippen LogP contribution is -1.95. The first kappa shape index (κ1) is 7.24. The van der Waals surface area contributed by atoms with Crippen LogP contribution in [-0.4, -0.2) is 15.0 Å². The second-order valence-electron chi connectivity index (χ2n) is 2.25. The molecule has 2 aromatic rings. The number of hydrogen-bond acceptors (Lipinski definition) is 4. The van der Waals surface area contributed by atoms with Gasteiger partial charge in [-0.3, -0.25) is 0 Å². The maximum Gasteiger partial charge on any atom is 0.226 e. The molecule has 0 amide bonds. The zero-order chi connectivity index (χ0) is 8.55. The van der Waals surface area contributed by atoms with Crippen molar-refractivity contribution in [3.8, 4) is 0 Å². The van der Waals surface area contributed by atoms with Gasteiger partial charge in [-0.25, -0.2) is 9.97 Å². The molecule has 0 aliphatic carbocycles. The van der Waals surface area contributed by atoms with Gasteiger partial charge in [0.1, 0.15) is 5.82 Å². The molecule has 2 aromatic heterocycles. The molecule has 0 atom stereocenters. The summed E-state index contributed by atoms with van der Waals surface area (Å²) in [6.07, 6.45) is 1.63. The van der Waals surface area contributed by atoms with E-state index in [0.717, 1.165) is 5.39 Å². The third-order valence-electron chi connectivity index (χ3n) is 1.47. The highest BCUT2D eigenvalue weighted by atomic mass is 35.5. The fraction of sp³-hybridized carbons (Fsp3) is 0. The Hall–Kier alpha value is -1.42. The molecular formula is C7H5ClN4. The van der Waals surface area contributed by atoms with Crippen LogP contribution in [0.4, 0.5) is 5.82 Å². The highest BCUT2D eigenvalue weighted by Gasteiger charge is 2.02. The molecule has 0 saturated carbocycles. The van der Waals surface area contributed by atoms with Crippen molar-refractivity contribution >= 4 is 28.5 Å². The van der Waals surface area contributed by atoms with Gasteiger partial charge >= 0.3 is 0 Å². The summed E-state index contributed by atoms with van der Waals surface area (Å²) in [6.45, 7) is 0. The second-order valence-corrected chi connectivity index (χ2v) is 2.59. The average Bonchev–Trinajstić information content (AvgIpc) is 2.04. The van der Waals surface area contributed by atoms with Crippen molar-refractivity contribution in [3.05, 3.63) is 23.6 Å². The lowest BCUT2D eigenvalue weighted by Gasteiger charge is -1.98. The number of hydrogen-bond donors (Lipinski definition) is 1. The quantitative estimate of drug-likeness (QED) is 0.620. The summed E-state index contributed by atoms with van der Waals surface area (Å²) in [5.41, 5.74) is 6.10. The Morgan fingerprint density at radius 3 is 3.00 bits per heavy atom. The Kier molecular flexibility index (Phi) is 1.55. The number of pyridine rings is 1. The number of nitrogen functional groups attached to an aromatic ring is 1. The topological polar surface area (TPSA) is 64.7 Å². The van der Waals surface area contributed by atoms with Crippen LogP contribution in [0.15, 0.2) is 18.3 Å². The zero-order valence-corrected chi connectivity index (χ0v) is 6.78. The van der Waals surface area contributed by atoms with Gasteiger partial charge in [0, 0.05) is 6.20 Å². The van der Waals surface area contributed by atoms with Gasteiger partial charge in [0.05, 0.1) is 5.39 Å². The van der Waals surface area contributed by atoms with Crippen LogP contribution in [0.5, 0.6) is 0 Å². The summed E-state index contributed by atoms with van der Waals surface area (Å²) in [7, 11) is 0. The molecule has 4 nitrogen and oxygen atoms in total. The molecule has 2 rings (SSSR count). The lowest BCUT2D eigenvalue weighted by molar-refractivity contribution is 1.19. The predicted octanol–water partition coefficient (Wildman–Crippen LogP) is 1.26. The number of nitrogens with zero attached hydrogens (tertiary/aromatic N) is 3.